The van der Waals surface area contributed by atoms with Gasteiger partial charge in [-0.1, -0.05) is 17.7 Å². The molecule has 120 valence electrons. The summed E-state index contributed by atoms with van der Waals surface area (Å²) in [5.41, 5.74) is 1.79. The fraction of sp³-hybridized carbons (Fsp3) is 0.188. The van der Waals surface area contributed by atoms with Crippen molar-refractivity contribution in [3.05, 3.63) is 58.4 Å². The second-order valence-electron chi connectivity index (χ2n) is 5.17. The summed E-state index contributed by atoms with van der Waals surface area (Å²) < 4.78 is 39.9. The third-order valence-corrected chi connectivity index (χ3v) is 4.05. The molecule has 1 aromatic carbocycles. The molecule has 0 fully saturated rings. The van der Waals surface area contributed by atoms with Gasteiger partial charge in [0.2, 0.25) is 0 Å². The van der Waals surface area contributed by atoms with Gasteiger partial charge in [-0.05, 0) is 36.8 Å². The SMILES string of the molecule is Cc1cc(-c2nc3ccc(C(F)(F)F)cn3c2CO)ccc1Cl. The van der Waals surface area contributed by atoms with Crippen LogP contribution in [0.2, 0.25) is 5.02 Å². The van der Waals surface area contributed by atoms with Crippen LogP contribution in [0.4, 0.5) is 13.2 Å². The van der Waals surface area contributed by atoms with E-state index in [0.717, 1.165) is 17.8 Å². The standard InChI is InChI=1S/C16H12ClF3N2O/c1-9-6-10(2-4-12(9)17)15-13(8-23)22-7-11(16(18,19)20)3-5-14(22)21-15/h2-7,23H,8H2,1H3. The van der Waals surface area contributed by atoms with E-state index in [-0.39, 0.29) is 0 Å². The molecule has 3 rings (SSSR count). The average Bonchev–Trinajstić information content (AvgIpc) is 2.86. The lowest BCUT2D eigenvalue weighted by Crippen LogP contribution is -2.07. The number of rotatable bonds is 2. The van der Waals surface area contributed by atoms with E-state index < -0.39 is 18.3 Å². The Labute approximate surface area is 135 Å². The molecule has 0 saturated heterocycles. The maximum atomic E-state index is 12.9. The second kappa shape index (κ2) is 5.54. The molecule has 0 aliphatic heterocycles. The normalized spacial score (nSPS) is 12.1. The van der Waals surface area contributed by atoms with Crippen molar-refractivity contribution in [1.82, 2.24) is 9.38 Å². The van der Waals surface area contributed by atoms with E-state index in [0.29, 0.717) is 27.6 Å². The average molecular weight is 341 g/mol. The predicted octanol–water partition coefficient (Wildman–Crippen LogP) is 4.47. The predicted molar refractivity (Wildman–Crippen MR) is 81.3 cm³/mol. The van der Waals surface area contributed by atoms with Crippen LogP contribution in [0.1, 0.15) is 16.8 Å². The summed E-state index contributed by atoms with van der Waals surface area (Å²) in [5.74, 6) is 0. The molecule has 0 aliphatic rings. The first kappa shape index (κ1) is 15.8. The molecule has 3 nitrogen and oxygen atoms in total. The Kier molecular flexibility index (Phi) is 3.82. The van der Waals surface area contributed by atoms with Gasteiger partial charge < -0.3 is 9.51 Å². The molecule has 0 atom stereocenters. The largest absolute Gasteiger partial charge is 0.417 e. The van der Waals surface area contributed by atoms with Crippen LogP contribution < -0.4 is 0 Å². The Balaban J connectivity index is 2.23. The van der Waals surface area contributed by atoms with Gasteiger partial charge >= 0.3 is 6.18 Å². The number of pyridine rings is 1. The number of alkyl halides is 3. The third kappa shape index (κ3) is 2.80. The first-order valence-electron chi connectivity index (χ1n) is 6.77. The van der Waals surface area contributed by atoms with E-state index in [2.05, 4.69) is 4.98 Å². The van der Waals surface area contributed by atoms with Gasteiger partial charge in [-0.25, -0.2) is 4.98 Å². The number of imidazole rings is 1. The van der Waals surface area contributed by atoms with Crippen molar-refractivity contribution in [3.8, 4) is 11.3 Å². The summed E-state index contributed by atoms with van der Waals surface area (Å²) in [6, 6.07) is 7.46. The number of aliphatic hydroxyl groups excluding tert-OH is 1. The van der Waals surface area contributed by atoms with Crippen molar-refractivity contribution in [2.24, 2.45) is 0 Å². The van der Waals surface area contributed by atoms with E-state index in [4.69, 9.17) is 11.6 Å². The van der Waals surface area contributed by atoms with E-state index >= 15 is 0 Å². The van der Waals surface area contributed by atoms with Crippen molar-refractivity contribution >= 4 is 17.2 Å². The lowest BCUT2D eigenvalue weighted by molar-refractivity contribution is -0.137. The van der Waals surface area contributed by atoms with Crippen LogP contribution in [0.15, 0.2) is 36.5 Å². The lowest BCUT2D eigenvalue weighted by atomic mass is 10.1. The third-order valence-electron chi connectivity index (χ3n) is 3.63. The molecule has 0 spiro atoms. The van der Waals surface area contributed by atoms with Crippen LogP contribution >= 0.6 is 11.6 Å². The van der Waals surface area contributed by atoms with Gasteiger partial charge in [-0.3, -0.25) is 0 Å². The minimum Gasteiger partial charge on any atom is -0.390 e. The van der Waals surface area contributed by atoms with Gasteiger partial charge in [0.05, 0.1) is 23.6 Å². The lowest BCUT2D eigenvalue weighted by Gasteiger charge is -2.08. The number of hydrogen-bond donors (Lipinski definition) is 1. The first-order valence-corrected chi connectivity index (χ1v) is 7.14. The van der Waals surface area contributed by atoms with Crippen molar-refractivity contribution in [1.29, 1.82) is 0 Å². The van der Waals surface area contributed by atoms with Crippen molar-refractivity contribution in [2.75, 3.05) is 0 Å². The van der Waals surface area contributed by atoms with Crippen molar-refractivity contribution in [2.45, 2.75) is 19.7 Å². The Hall–Kier alpha value is -2.05. The van der Waals surface area contributed by atoms with Gasteiger partial charge in [0.25, 0.3) is 0 Å². The number of aliphatic hydroxyl groups is 1. The molecule has 2 heterocycles. The van der Waals surface area contributed by atoms with Crippen molar-refractivity contribution in [3.63, 3.8) is 0 Å². The van der Waals surface area contributed by atoms with Gasteiger partial charge in [0.15, 0.2) is 0 Å². The smallest absolute Gasteiger partial charge is 0.390 e. The van der Waals surface area contributed by atoms with Crippen LogP contribution in [0.25, 0.3) is 16.9 Å². The maximum Gasteiger partial charge on any atom is 0.417 e. The van der Waals surface area contributed by atoms with Crippen LogP contribution in [-0.2, 0) is 12.8 Å². The number of halogens is 4. The minimum absolute atomic E-state index is 0.299. The second-order valence-corrected chi connectivity index (χ2v) is 5.58. The molecule has 0 unspecified atom stereocenters. The Morgan fingerprint density at radius 1 is 1.22 bits per heavy atom. The molecule has 23 heavy (non-hydrogen) atoms. The number of hydrogen-bond acceptors (Lipinski definition) is 2. The maximum absolute atomic E-state index is 12.9. The number of fused-ring (bicyclic) bond motifs is 1. The van der Waals surface area contributed by atoms with Gasteiger partial charge in [-0.2, -0.15) is 13.2 Å². The summed E-state index contributed by atoms with van der Waals surface area (Å²) in [7, 11) is 0. The van der Waals surface area contributed by atoms with E-state index in [9.17, 15) is 18.3 Å². The fourth-order valence-electron chi connectivity index (χ4n) is 2.44. The molecular weight excluding hydrogens is 329 g/mol. The highest BCUT2D eigenvalue weighted by Gasteiger charge is 2.31. The van der Waals surface area contributed by atoms with Gasteiger partial charge in [0, 0.05) is 16.8 Å². The monoisotopic (exact) mass is 340 g/mol. The quantitative estimate of drug-likeness (QED) is 0.747. The molecule has 1 N–H and O–H groups in total. The topological polar surface area (TPSA) is 37.5 Å². The summed E-state index contributed by atoms with van der Waals surface area (Å²) in [6.07, 6.45) is -3.51. The van der Waals surface area contributed by atoms with Crippen LogP contribution in [-0.4, -0.2) is 14.5 Å². The van der Waals surface area contributed by atoms with E-state index in [1.165, 1.54) is 10.5 Å². The molecule has 3 aromatic rings. The molecule has 0 saturated carbocycles. The van der Waals surface area contributed by atoms with Crippen LogP contribution in [0.5, 0.6) is 0 Å². The minimum atomic E-state index is -4.46. The van der Waals surface area contributed by atoms with Gasteiger partial charge in [-0.15, -0.1) is 0 Å². The van der Waals surface area contributed by atoms with Crippen LogP contribution in [0, 0.1) is 6.92 Å². The molecule has 0 aliphatic carbocycles. The number of aromatic nitrogens is 2. The molecule has 0 bridgehead atoms. The number of nitrogens with zero attached hydrogens (tertiary/aromatic N) is 2. The zero-order valence-corrected chi connectivity index (χ0v) is 12.8. The summed E-state index contributed by atoms with van der Waals surface area (Å²) in [4.78, 5) is 4.34. The highest BCUT2D eigenvalue weighted by atomic mass is 35.5. The number of benzene rings is 1. The van der Waals surface area contributed by atoms with Crippen molar-refractivity contribution < 1.29 is 18.3 Å². The summed E-state index contributed by atoms with van der Waals surface area (Å²) in [5, 5.41) is 10.2. The highest BCUT2D eigenvalue weighted by Crippen LogP contribution is 2.32. The molecule has 0 radical (unpaired) electrons. The molecule has 7 heteroatoms. The Morgan fingerprint density at radius 2 is 1.96 bits per heavy atom. The number of aryl methyl sites for hydroxylation is 1. The zero-order valence-electron chi connectivity index (χ0n) is 12.0. The Morgan fingerprint density at radius 3 is 2.57 bits per heavy atom. The van der Waals surface area contributed by atoms with E-state index in [1.54, 1.807) is 18.2 Å². The van der Waals surface area contributed by atoms with E-state index in [1.807, 2.05) is 6.92 Å². The molecule has 0 amide bonds. The summed E-state index contributed by atoms with van der Waals surface area (Å²) >= 11 is 5.99. The molecular formula is C16H12ClF3N2O. The zero-order chi connectivity index (χ0) is 16.8. The van der Waals surface area contributed by atoms with Crippen LogP contribution in [0.3, 0.4) is 0 Å². The molecule has 2 aromatic heterocycles. The fourth-order valence-corrected chi connectivity index (χ4v) is 2.55. The van der Waals surface area contributed by atoms with Gasteiger partial charge in [0.1, 0.15) is 5.65 Å². The highest BCUT2D eigenvalue weighted by molar-refractivity contribution is 6.31. The summed E-state index contributed by atoms with van der Waals surface area (Å²) in [6.45, 7) is 1.39. The first-order chi connectivity index (χ1) is 10.8. The Bertz CT molecular complexity index is 887.